The number of carbonyl (C=O) groups is 1. The normalized spacial score (nSPS) is 10.8. The van der Waals surface area contributed by atoms with Crippen molar-refractivity contribution in [3.8, 4) is 17.2 Å². The fraction of sp³-hybridized carbons (Fsp3) is 0.192. The summed E-state index contributed by atoms with van der Waals surface area (Å²) >= 11 is 0. The number of benzene rings is 3. The molecule has 3 aromatic carbocycles. The van der Waals surface area contributed by atoms with Crippen molar-refractivity contribution in [2.75, 3.05) is 25.2 Å². The SMILES string of the molecule is CCOc1ccc(-n2nc(C(=O)N(C)c3ccccc3OCC)c3ccccc3c2=O)cc1. The van der Waals surface area contributed by atoms with Gasteiger partial charge in [-0.3, -0.25) is 9.59 Å². The smallest absolute Gasteiger partial charge is 0.279 e. The molecule has 1 amide bonds. The van der Waals surface area contributed by atoms with Gasteiger partial charge in [0, 0.05) is 12.4 Å². The van der Waals surface area contributed by atoms with Crippen LogP contribution in [0.1, 0.15) is 24.3 Å². The first-order valence-corrected chi connectivity index (χ1v) is 10.8. The summed E-state index contributed by atoms with van der Waals surface area (Å²) in [6.07, 6.45) is 0. The molecule has 168 valence electrons. The first kappa shape index (κ1) is 22.1. The quantitative estimate of drug-likeness (QED) is 0.422. The van der Waals surface area contributed by atoms with Crippen LogP contribution in [0.4, 0.5) is 5.69 Å². The average molecular weight is 444 g/mol. The van der Waals surface area contributed by atoms with Gasteiger partial charge in [-0.15, -0.1) is 0 Å². The van der Waals surface area contributed by atoms with E-state index in [2.05, 4.69) is 5.10 Å². The highest BCUT2D eigenvalue weighted by molar-refractivity contribution is 6.12. The Morgan fingerprint density at radius 3 is 2.21 bits per heavy atom. The number of amides is 1. The van der Waals surface area contributed by atoms with Gasteiger partial charge in [-0.1, -0.05) is 30.3 Å². The van der Waals surface area contributed by atoms with E-state index in [-0.39, 0.29) is 17.2 Å². The van der Waals surface area contributed by atoms with E-state index in [9.17, 15) is 9.59 Å². The summed E-state index contributed by atoms with van der Waals surface area (Å²) in [5, 5.41) is 5.41. The number of hydrogen-bond donors (Lipinski definition) is 0. The van der Waals surface area contributed by atoms with E-state index in [1.807, 2.05) is 38.1 Å². The zero-order valence-corrected chi connectivity index (χ0v) is 18.8. The molecule has 0 fully saturated rings. The minimum atomic E-state index is -0.349. The molecule has 0 atom stereocenters. The van der Waals surface area contributed by atoms with Gasteiger partial charge < -0.3 is 14.4 Å². The number of para-hydroxylation sites is 2. The van der Waals surface area contributed by atoms with Crippen LogP contribution in [-0.4, -0.2) is 35.9 Å². The topological polar surface area (TPSA) is 73.7 Å². The van der Waals surface area contributed by atoms with E-state index in [1.54, 1.807) is 55.6 Å². The highest BCUT2D eigenvalue weighted by Gasteiger charge is 2.23. The van der Waals surface area contributed by atoms with Crippen LogP contribution in [0.25, 0.3) is 16.5 Å². The number of hydrogen-bond acceptors (Lipinski definition) is 5. The summed E-state index contributed by atoms with van der Waals surface area (Å²) in [6, 6.07) is 21.4. The Morgan fingerprint density at radius 2 is 1.52 bits per heavy atom. The maximum Gasteiger partial charge on any atom is 0.279 e. The van der Waals surface area contributed by atoms with Crippen LogP contribution in [0.5, 0.6) is 11.5 Å². The highest BCUT2D eigenvalue weighted by Crippen LogP contribution is 2.29. The van der Waals surface area contributed by atoms with E-state index in [1.165, 1.54) is 9.58 Å². The number of anilines is 1. The molecule has 0 saturated heterocycles. The number of ether oxygens (including phenoxy) is 2. The summed E-state index contributed by atoms with van der Waals surface area (Å²) in [4.78, 5) is 28.3. The summed E-state index contributed by atoms with van der Waals surface area (Å²) < 4.78 is 12.4. The van der Waals surface area contributed by atoms with Gasteiger partial charge in [-0.25, -0.2) is 0 Å². The zero-order valence-electron chi connectivity index (χ0n) is 18.8. The molecule has 33 heavy (non-hydrogen) atoms. The molecule has 0 unspecified atom stereocenters. The Hall–Kier alpha value is -4.13. The molecule has 0 radical (unpaired) electrons. The molecule has 0 aliphatic carbocycles. The van der Waals surface area contributed by atoms with Crippen LogP contribution in [0.15, 0.2) is 77.6 Å². The molecule has 1 aromatic heterocycles. The van der Waals surface area contributed by atoms with E-state index in [0.29, 0.717) is 46.9 Å². The monoisotopic (exact) mass is 443 g/mol. The molecule has 4 rings (SSSR count). The number of aromatic nitrogens is 2. The Bertz CT molecular complexity index is 1350. The summed E-state index contributed by atoms with van der Waals surface area (Å²) in [6.45, 7) is 4.81. The third kappa shape index (κ3) is 4.30. The minimum absolute atomic E-state index is 0.174. The van der Waals surface area contributed by atoms with Gasteiger partial charge in [0.15, 0.2) is 5.69 Å². The van der Waals surface area contributed by atoms with Crippen molar-refractivity contribution in [2.45, 2.75) is 13.8 Å². The van der Waals surface area contributed by atoms with Crippen LogP contribution in [0.2, 0.25) is 0 Å². The van der Waals surface area contributed by atoms with Crippen molar-refractivity contribution in [1.82, 2.24) is 9.78 Å². The van der Waals surface area contributed by atoms with E-state index in [4.69, 9.17) is 9.47 Å². The zero-order chi connectivity index (χ0) is 23.4. The van der Waals surface area contributed by atoms with Gasteiger partial charge in [0.1, 0.15) is 11.5 Å². The number of carbonyl (C=O) groups excluding carboxylic acids is 1. The Labute approximate surface area is 191 Å². The standard InChI is InChI=1S/C26H25N3O4/c1-4-32-19-16-14-18(15-17-19)29-25(30)21-11-7-6-10-20(21)24(27-29)26(31)28(3)22-12-8-9-13-23(22)33-5-2/h6-17H,4-5H2,1-3H3. The van der Waals surface area contributed by atoms with Crippen molar-refractivity contribution in [1.29, 1.82) is 0 Å². The first-order valence-electron chi connectivity index (χ1n) is 10.8. The Morgan fingerprint density at radius 1 is 0.879 bits per heavy atom. The van der Waals surface area contributed by atoms with E-state index < -0.39 is 0 Å². The second-order valence-corrected chi connectivity index (χ2v) is 7.30. The molecular formula is C26H25N3O4. The fourth-order valence-electron chi connectivity index (χ4n) is 3.65. The number of nitrogens with zero attached hydrogens (tertiary/aromatic N) is 3. The Kier molecular flexibility index (Phi) is 6.40. The van der Waals surface area contributed by atoms with Crippen LogP contribution < -0.4 is 19.9 Å². The van der Waals surface area contributed by atoms with Gasteiger partial charge in [0.2, 0.25) is 0 Å². The fourth-order valence-corrected chi connectivity index (χ4v) is 3.65. The van der Waals surface area contributed by atoms with Crippen LogP contribution >= 0.6 is 0 Å². The maximum atomic E-state index is 13.6. The van der Waals surface area contributed by atoms with Crippen molar-refractivity contribution >= 4 is 22.4 Å². The van der Waals surface area contributed by atoms with Gasteiger partial charge in [0.25, 0.3) is 11.5 Å². The van der Waals surface area contributed by atoms with Gasteiger partial charge >= 0.3 is 0 Å². The molecule has 0 bridgehead atoms. The second kappa shape index (κ2) is 9.56. The van der Waals surface area contributed by atoms with Crippen molar-refractivity contribution < 1.29 is 14.3 Å². The highest BCUT2D eigenvalue weighted by atomic mass is 16.5. The Balaban J connectivity index is 1.85. The molecule has 7 heteroatoms. The lowest BCUT2D eigenvalue weighted by molar-refractivity contribution is 0.0987. The molecule has 0 aliphatic rings. The van der Waals surface area contributed by atoms with Crippen LogP contribution in [0, 0.1) is 0 Å². The lowest BCUT2D eigenvalue weighted by Gasteiger charge is -2.21. The predicted octanol–water partition coefficient (Wildman–Crippen LogP) is 4.46. The largest absolute Gasteiger partial charge is 0.494 e. The van der Waals surface area contributed by atoms with E-state index >= 15 is 0 Å². The first-order chi connectivity index (χ1) is 16.0. The molecular weight excluding hydrogens is 418 g/mol. The molecule has 7 nitrogen and oxygen atoms in total. The van der Waals surface area contributed by atoms with Gasteiger partial charge in [-0.05, 0) is 56.3 Å². The lowest BCUT2D eigenvalue weighted by atomic mass is 10.1. The second-order valence-electron chi connectivity index (χ2n) is 7.30. The number of rotatable bonds is 7. The van der Waals surface area contributed by atoms with Crippen LogP contribution in [0.3, 0.4) is 0 Å². The van der Waals surface area contributed by atoms with E-state index in [0.717, 1.165) is 0 Å². The number of fused-ring (bicyclic) bond motifs is 1. The lowest BCUT2D eigenvalue weighted by Crippen LogP contribution is -2.31. The molecule has 4 aromatic rings. The minimum Gasteiger partial charge on any atom is -0.494 e. The summed E-state index contributed by atoms with van der Waals surface area (Å²) in [5.74, 6) is 0.941. The van der Waals surface area contributed by atoms with Crippen molar-refractivity contribution in [3.63, 3.8) is 0 Å². The molecule has 1 heterocycles. The van der Waals surface area contributed by atoms with Gasteiger partial charge in [-0.2, -0.15) is 9.78 Å². The van der Waals surface area contributed by atoms with Crippen molar-refractivity contribution in [2.24, 2.45) is 0 Å². The third-order valence-electron chi connectivity index (χ3n) is 5.23. The van der Waals surface area contributed by atoms with Crippen molar-refractivity contribution in [3.05, 3.63) is 88.8 Å². The maximum absolute atomic E-state index is 13.6. The molecule has 0 spiro atoms. The molecule has 0 N–H and O–H groups in total. The average Bonchev–Trinajstić information content (AvgIpc) is 2.85. The third-order valence-corrected chi connectivity index (χ3v) is 5.23. The van der Waals surface area contributed by atoms with Gasteiger partial charge in [0.05, 0.1) is 30.0 Å². The van der Waals surface area contributed by atoms with Crippen LogP contribution in [-0.2, 0) is 0 Å². The molecule has 0 aliphatic heterocycles. The predicted molar refractivity (Wildman–Crippen MR) is 129 cm³/mol. The summed E-state index contributed by atoms with van der Waals surface area (Å²) in [7, 11) is 1.67. The molecule has 0 saturated carbocycles. The summed E-state index contributed by atoms with van der Waals surface area (Å²) in [5.41, 5.74) is 1.03.